The first-order valence-corrected chi connectivity index (χ1v) is 12.0. The van der Waals surface area contributed by atoms with Crippen molar-refractivity contribution in [3.8, 4) is 11.5 Å². The van der Waals surface area contributed by atoms with E-state index in [0.29, 0.717) is 36.8 Å². The van der Waals surface area contributed by atoms with Crippen molar-refractivity contribution < 1.29 is 23.9 Å². The van der Waals surface area contributed by atoms with Crippen LogP contribution in [0.1, 0.15) is 24.8 Å². The maximum atomic E-state index is 13.4. The number of para-hydroxylation sites is 1. The molecule has 2 aromatic carbocycles. The molecule has 3 aliphatic rings. The Morgan fingerprint density at radius 1 is 1.03 bits per heavy atom. The molecule has 1 fully saturated rings. The van der Waals surface area contributed by atoms with E-state index in [4.69, 9.17) is 9.47 Å². The number of carbonyl (C=O) groups excluding carboxylic acids is 3. The van der Waals surface area contributed by atoms with Crippen molar-refractivity contribution in [1.82, 2.24) is 10.2 Å². The van der Waals surface area contributed by atoms with E-state index in [9.17, 15) is 14.4 Å². The lowest BCUT2D eigenvalue weighted by atomic mass is 10.1. The highest BCUT2D eigenvalue weighted by atomic mass is 32.2. The standard InChI is InChI=1S/C24H25N3O5S/c28-21(25-13-16-8-9-18-19(12-16)32-15-31-18)14-27-17-6-2-3-7-20(17)33-22(24(27)30)23(29)26-10-4-1-5-11-26/h2-3,6-9,12,22H,1,4-5,10-11,13-15H2,(H,25,28)/t22-/m0/s1. The summed E-state index contributed by atoms with van der Waals surface area (Å²) >= 11 is 1.28. The van der Waals surface area contributed by atoms with Crippen LogP contribution in [-0.4, -0.2) is 54.3 Å². The van der Waals surface area contributed by atoms with Crippen molar-refractivity contribution in [2.45, 2.75) is 36.0 Å². The number of nitrogens with one attached hydrogen (secondary N) is 1. The van der Waals surface area contributed by atoms with E-state index in [1.165, 1.54) is 16.7 Å². The van der Waals surface area contributed by atoms with Crippen molar-refractivity contribution in [2.24, 2.45) is 0 Å². The highest BCUT2D eigenvalue weighted by Crippen LogP contribution is 2.40. The van der Waals surface area contributed by atoms with Gasteiger partial charge in [-0.1, -0.05) is 18.2 Å². The Balaban J connectivity index is 1.28. The summed E-state index contributed by atoms with van der Waals surface area (Å²) in [7, 11) is 0. The van der Waals surface area contributed by atoms with Crippen LogP contribution < -0.4 is 19.7 Å². The summed E-state index contributed by atoms with van der Waals surface area (Å²) in [6.45, 7) is 1.70. The number of likely N-dealkylation sites (tertiary alicyclic amines) is 1. The molecule has 8 nitrogen and oxygen atoms in total. The van der Waals surface area contributed by atoms with Crippen LogP contribution in [0.2, 0.25) is 0 Å². The fourth-order valence-corrected chi connectivity index (χ4v) is 5.46. The van der Waals surface area contributed by atoms with Gasteiger partial charge in [0.15, 0.2) is 16.7 Å². The van der Waals surface area contributed by atoms with Gasteiger partial charge in [0.1, 0.15) is 6.54 Å². The molecule has 33 heavy (non-hydrogen) atoms. The summed E-state index contributed by atoms with van der Waals surface area (Å²) in [6, 6.07) is 12.9. The van der Waals surface area contributed by atoms with E-state index in [-0.39, 0.29) is 31.1 Å². The predicted octanol–water partition coefficient (Wildman–Crippen LogP) is 2.55. The second kappa shape index (κ2) is 9.35. The van der Waals surface area contributed by atoms with Gasteiger partial charge in [0, 0.05) is 24.5 Å². The Bertz CT molecular complexity index is 1090. The van der Waals surface area contributed by atoms with Crippen LogP contribution in [0, 0.1) is 0 Å². The van der Waals surface area contributed by atoms with E-state index in [1.807, 2.05) is 42.5 Å². The number of hydrogen-bond donors (Lipinski definition) is 1. The summed E-state index contributed by atoms with van der Waals surface area (Å²) in [5.41, 5.74) is 1.53. The molecule has 0 saturated carbocycles. The van der Waals surface area contributed by atoms with Crippen molar-refractivity contribution >= 4 is 35.2 Å². The van der Waals surface area contributed by atoms with Gasteiger partial charge < -0.3 is 24.6 Å². The molecule has 5 rings (SSSR count). The number of carbonyl (C=O) groups is 3. The molecule has 0 spiro atoms. The Morgan fingerprint density at radius 2 is 1.82 bits per heavy atom. The molecule has 0 bridgehead atoms. The van der Waals surface area contributed by atoms with Gasteiger partial charge in [0.2, 0.25) is 18.6 Å². The van der Waals surface area contributed by atoms with Gasteiger partial charge in [0.25, 0.3) is 5.91 Å². The van der Waals surface area contributed by atoms with Gasteiger partial charge in [-0.2, -0.15) is 0 Å². The van der Waals surface area contributed by atoms with E-state index in [2.05, 4.69) is 5.32 Å². The molecule has 0 aliphatic carbocycles. The molecule has 2 aromatic rings. The molecule has 3 heterocycles. The fraction of sp³-hybridized carbons (Fsp3) is 0.375. The summed E-state index contributed by atoms with van der Waals surface area (Å²) in [4.78, 5) is 43.3. The Labute approximate surface area is 196 Å². The van der Waals surface area contributed by atoms with E-state index in [0.717, 1.165) is 29.7 Å². The fourth-order valence-electron chi connectivity index (χ4n) is 4.27. The highest BCUT2D eigenvalue weighted by molar-refractivity contribution is 8.01. The van der Waals surface area contributed by atoms with Crippen molar-refractivity contribution in [2.75, 3.05) is 31.3 Å². The number of fused-ring (bicyclic) bond motifs is 2. The lowest BCUT2D eigenvalue weighted by molar-refractivity contribution is -0.135. The molecule has 0 radical (unpaired) electrons. The molecule has 1 saturated heterocycles. The normalized spacial score (nSPS) is 19.3. The molecule has 9 heteroatoms. The Morgan fingerprint density at radius 3 is 2.67 bits per heavy atom. The molecular formula is C24H25N3O5S. The first-order chi connectivity index (χ1) is 16.1. The molecule has 0 unspecified atom stereocenters. The molecular weight excluding hydrogens is 442 g/mol. The number of piperidine rings is 1. The van der Waals surface area contributed by atoms with Crippen LogP contribution in [0.25, 0.3) is 0 Å². The largest absolute Gasteiger partial charge is 0.454 e. The third-order valence-corrected chi connectivity index (χ3v) is 7.25. The highest BCUT2D eigenvalue weighted by Gasteiger charge is 2.40. The molecule has 0 aromatic heterocycles. The summed E-state index contributed by atoms with van der Waals surface area (Å²) in [5, 5.41) is 2.00. The van der Waals surface area contributed by atoms with Crippen LogP contribution in [-0.2, 0) is 20.9 Å². The maximum absolute atomic E-state index is 13.4. The summed E-state index contributed by atoms with van der Waals surface area (Å²) < 4.78 is 10.7. The number of hydrogen-bond acceptors (Lipinski definition) is 6. The van der Waals surface area contributed by atoms with Gasteiger partial charge >= 0.3 is 0 Å². The van der Waals surface area contributed by atoms with E-state index < -0.39 is 5.25 Å². The first kappa shape index (κ1) is 21.6. The number of nitrogens with zero attached hydrogens (tertiary/aromatic N) is 2. The monoisotopic (exact) mass is 467 g/mol. The second-order valence-corrected chi connectivity index (χ2v) is 9.39. The van der Waals surface area contributed by atoms with Gasteiger partial charge in [0.05, 0.1) is 5.69 Å². The summed E-state index contributed by atoms with van der Waals surface area (Å²) in [5.74, 6) is 0.532. The average molecular weight is 468 g/mol. The van der Waals surface area contributed by atoms with Crippen LogP contribution in [0.3, 0.4) is 0 Å². The van der Waals surface area contributed by atoms with Crippen molar-refractivity contribution in [1.29, 1.82) is 0 Å². The van der Waals surface area contributed by atoms with Gasteiger partial charge in [-0.05, 0) is 49.1 Å². The smallest absolute Gasteiger partial charge is 0.250 e. The van der Waals surface area contributed by atoms with Crippen LogP contribution in [0.4, 0.5) is 5.69 Å². The minimum absolute atomic E-state index is 0.148. The van der Waals surface area contributed by atoms with Crippen LogP contribution in [0.5, 0.6) is 11.5 Å². The second-order valence-electron chi connectivity index (χ2n) is 8.24. The number of rotatable bonds is 5. The minimum Gasteiger partial charge on any atom is -0.454 e. The van der Waals surface area contributed by atoms with Crippen molar-refractivity contribution in [3.05, 3.63) is 48.0 Å². The SMILES string of the molecule is O=C(CN1C(=O)[C@H](C(=O)N2CCCCC2)Sc2ccccc21)NCc1ccc2c(c1)OCO2. The maximum Gasteiger partial charge on any atom is 0.250 e. The van der Waals surface area contributed by atoms with E-state index >= 15 is 0 Å². The number of amides is 3. The third kappa shape index (κ3) is 4.50. The lowest BCUT2D eigenvalue weighted by Crippen LogP contribution is -2.52. The topological polar surface area (TPSA) is 88.2 Å². The van der Waals surface area contributed by atoms with Gasteiger partial charge in [-0.3, -0.25) is 14.4 Å². The molecule has 3 amide bonds. The quantitative estimate of drug-likeness (QED) is 0.680. The number of ether oxygens (including phenoxy) is 2. The van der Waals surface area contributed by atoms with Crippen LogP contribution in [0.15, 0.2) is 47.4 Å². The van der Waals surface area contributed by atoms with E-state index in [1.54, 1.807) is 4.90 Å². The average Bonchev–Trinajstić information content (AvgIpc) is 3.32. The lowest BCUT2D eigenvalue weighted by Gasteiger charge is -2.36. The van der Waals surface area contributed by atoms with Gasteiger partial charge in [-0.25, -0.2) is 0 Å². The Hall–Kier alpha value is -3.20. The number of benzene rings is 2. The Kier molecular flexibility index (Phi) is 6.13. The van der Waals surface area contributed by atoms with Gasteiger partial charge in [-0.15, -0.1) is 11.8 Å². The predicted molar refractivity (Wildman–Crippen MR) is 123 cm³/mol. The first-order valence-electron chi connectivity index (χ1n) is 11.1. The molecule has 1 atom stereocenters. The minimum atomic E-state index is -0.861. The molecule has 1 N–H and O–H groups in total. The zero-order chi connectivity index (χ0) is 22.8. The summed E-state index contributed by atoms with van der Waals surface area (Å²) in [6.07, 6.45) is 3.02. The molecule has 172 valence electrons. The zero-order valence-corrected chi connectivity index (χ0v) is 18.9. The van der Waals surface area contributed by atoms with Crippen LogP contribution >= 0.6 is 11.8 Å². The number of anilines is 1. The zero-order valence-electron chi connectivity index (χ0n) is 18.1. The van der Waals surface area contributed by atoms with Crippen molar-refractivity contribution in [3.63, 3.8) is 0 Å². The third-order valence-electron chi connectivity index (χ3n) is 6.01. The number of thioether (sulfide) groups is 1. The molecule has 3 aliphatic heterocycles.